The predicted molar refractivity (Wildman–Crippen MR) is 74.6 cm³/mol. The minimum absolute atomic E-state index is 0.0232. The fraction of sp³-hybridized carbons (Fsp3) is 0.429. The predicted octanol–water partition coefficient (Wildman–Crippen LogP) is 1.25. The molecule has 3 N–H and O–H groups in total. The summed E-state index contributed by atoms with van der Waals surface area (Å²) < 4.78 is 0. The number of nitriles is 1. The molecule has 1 aromatic rings. The van der Waals surface area contributed by atoms with Crippen molar-refractivity contribution in [3.63, 3.8) is 0 Å². The van der Waals surface area contributed by atoms with Crippen molar-refractivity contribution in [3.8, 4) is 6.07 Å². The molecular formula is C14H18N4O. The van der Waals surface area contributed by atoms with Crippen LogP contribution in [0, 0.1) is 11.3 Å². The summed E-state index contributed by atoms with van der Waals surface area (Å²) in [6.45, 7) is 0.826. The molecule has 1 unspecified atom stereocenters. The van der Waals surface area contributed by atoms with Crippen molar-refractivity contribution in [2.24, 2.45) is 0 Å². The van der Waals surface area contributed by atoms with Crippen molar-refractivity contribution in [3.05, 3.63) is 23.8 Å². The van der Waals surface area contributed by atoms with Crippen LogP contribution in [-0.2, 0) is 4.79 Å². The number of likely N-dealkylation sites (N-methyl/N-ethyl adjacent to an activating group) is 1. The fourth-order valence-corrected chi connectivity index (χ4v) is 2.50. The third-order valence-corrected chi connectivity index (χ3v) is 3.54. The summed E-state index contributed by atoms with van der Waals surface area (Å²) in [6.07, 6.45) is 2.94. The molecule has 5 nitrogen and oxygen atoms in total. The summed E-state index contributed by atoms with van der Waals surface area (Å²) >= 11 is 0. The summed E-state index contributed by atoms with van der Waals surface area (Å²) in [4.78, 5) is 14.0. The molecule has 100 valence electrons. The van der Waals surface area contributed by atoms with Gasteiger partial charge in [0.25, 0.3) is 0 Å². The highest BCUT2D eigenvalue weighted by molar-refractivity contribution is 5.85. The maximum absolute atomic E-state index is 11.9. The first kappa shape index (κ1) is 13.2. The lowest BCUT2D eigenvalue weighted by Gasteiger charge is -2.36. The van der Waals surface area contributed by atoms with E-state index in [9.17, 15) is 4.79 Å². The van der Waals surface area contributed by atoms with Crippen LogP contribution in [0.15, 0.2) is 18.2 Å². The van der Waals surface area contributed by atoms with Crippen molar-refractivity contribution in [2.75, 3.05) is 24.2 Å². The van der Waals surface area contributed by atoms with Gasteiger partial charge in [0.1, 0.15) is 12.1 Å². The van der Waals surface area contributed by atoms with Crippen molar-refractivity contribution in [1.29, 1.82) is 5.26 Å². The highest BCUT2D eigenvalue weighted by Gasteiger charge is 2.28. The maximum atomic E-state index is 11.9. The van der Waals surface area contributed by atoms with Gasteiger partial charge in [-0.3, -0.25) is 4.79 Å². The first-order valence-corrected chi connectivity index (χ1v) is 6.45. The summed E-state index contributed by atoms with van der Waals surface area (Å²) in [7, 11) is 1.65. The number of benzene rings is 1. The zero-order chi connectivity index (χ0) is 13.8. The number of hydrogen-bond donors (Lipinski definition) is 2. The lowest BCUT2D eigenvalue weighted by Crippen LogP contribution is -2.48. The van der Waals surface area contributed by atoms with Crippen molar-refractivity contribution in [1.82, 2.24) is 5.32 Å². The fourth-order valence-electron chi connectivity index (χ4n) is 2.50. The Morgan fingerprint density at radius 2 is 2.32 bits per heavy atom. The molecule has 1 aliphatic rings. The first-order chi connectivity index (χ1) is 9.17. The van der Waals surface area contributed by atoms with Crippen LogP contribution in [0.4, 0.5) is 11.4 Å². The SMILES string of the molecule is CNC(=O)C1CCCCN1c1ccc(N)c(C#N)c1. The number of nitrogens with zero attached hydrogens (tertiary/aromatic N) is 2. The van der Waals surface area contributed by atoms with Crippen LogP contribution in [0.2, 0.25) is 0 Å². The molecule has 0 aliphatic carbocycles. The van der Waals surface area contributed by atoms with E-state index in [0.29, 0.717) is 11.3 Å². The van der Waals surface area contributed by atoms with E-state index in [4.69, 9.17) is 11.0 Å². The average molecular weight is 258 g/mol. The minimum atomic E-state index is -0.158. The Labute approximate surface area is 113 Å². The van der Waals surface area contributed by atoms with Crippen molar-refractivity contribution in [2.45, 2.75) is 25.3 Å². The van der Waals surface area contributed by atoms with Crippen LogP contribution in [-0.4, -0.2) is 25.5 Å². The van der Waals surface area contributed by atoms with Crippen LogP contribution >= 0.6 is 0 Å². The molecule has 1 aromatic carbocycles. The van der Waals surface area contributed by atoms with Crippen molar-refractivity contribution < 1.29 is 4.79 Å². The van der Waals surface area contributed by atoms with E-state index >= 15 is 0 Å². The van der Waals surface area contributed by atoms with Crippen molar-refractivity contribution >= 4 is 17.3 Å². The van der Waals surface area contributed by atoms with Gasteiger partial charge in [-0.1, -0.05) is 0 Å². The normalized spacial score (nSPS) is 18.7. The van der Waals surface area contributed by atoms with Crippen LogP contribution in [0.1, 0.15) is 24.8 Å². The lowest BCUT2D eigenvalue weighted by atomic mass is 10.00. The standard InChI is InChI=1S/C14H18N4O/c1-17-14(19)13-4-2-3-7-18(13)11-5-6-12(16)10(8-11)9-15/h5-6,8,13H,2-4,7,16H2,1H3,(H,17,19). The second-order valence-electron chi connectivity index (χ2n) is 4.70. The number of piperidine rings is 1. The van der Waals surface area contributed by atoms with Gasteiger partial charge in [0.2, 0.25) is 5.91 Å². The van der Waals surface area contributed by atoms with Gasteiger partial charge < -0.3 is 16.0 Å². The number of amides is 1. The molecule has 1 heterocycles. The average Bonchev–Trinajstić information content (AvgIpc) is 2.47. The molecule has 1 amide bonds. The number of nitrogen functional groups attached to an aromatic ring is 1. The highest BCUT2D eigenvalue weighted by atomic mass is 16.2. The van der Waals surface area contributed by atoms with Crippen LogP contribution < -0.4 is 16.0 Å². The summed E-state index contributed by atoms with van der Waals surface area (Å²) in [5, 5.41) is 11.7. The third-order valence-electron chi connectivity index (χ3n) is 3.54. The van der Waals surface area contributed by atoms with E-state index in [2.05, 4.69) is 16.3 Å². The number of rotatable bonds is 2. The minimum Gasteiger partial charge on any atom is -0.398 e. The van der Waals surface area contributed by atoms with E-state index in [0.717, 1.165) is 31.5 Å². The first-order valence-electron chi connectivity index (χ1n) is 6.45. The number of hydrogen-bond acceptors (Lipinski definition) is 4. The molecule has 1 fully saturated rings. The van der Waals surface area contributed by atoms with Crippen LogP contribution in [0.25, 0.3) is 0 Å². The van der Waals surface area contributed by atoms with Gasteiger partial charge in [0.05, 0.1) is 5.56 Å². The Balaban J connectivity index is 2.32. The second kappa shape index (κ2) is 5.61. The number of nitrogens with one attached hydrogen (secondary N) is 1. The number of nitrogens with two attached hydrogens (primary N) is 1. The molecular weight excluding hydrogens is 240 g/mol. The molecule has 0 spiro atoms. The number of carbonyl (C=O) groups is 1. The Hall–Kier alpha value is -2.22. The third kappa shape index (κ3) is 2.63. The monoisotopic (exact) mass is 258 g/mol. The quantitative estimate of drug-likeness (QED) is 0.782. The van der Waals surface area contributed by atoms with Crippen LogP contribution in [0.5, 0.6) is 0 Å². The number of anilines is 2. The van der Waals surface area contributed by atoms with Gasteiger partial charge in [0, 0.05) is 25.0 Å². The molecule has 1 saturated heterocycles. The molecule has 1 aliphatic heterocycles. The Bertz CT molecular complexity index is 521. The molecule has 19 heavy (non-hydrogen) atoms. The summed E-state index contributed by atoms with van der Waals surface area (Å²) in [6, 6.07) is 7.28. The van der Waals surface area contributed by atoms with E-state index in [1.165, 1.54) is 0 Å². The van der Waals surface area contributed by atoms with E-state index in [1.807, 2.05) is 6.07 Å². The van der Waals surface area contributed by atoms with Gasteiger partial charge in [-0.15, -0.1) is 0 Å². The maximum Gasteiger partial charge on any atom is 0.242 e. The molecule has 5 heteroatoms. The molecule has 2 rings (SSSR count). The van der Waals surface area contributed by atoms with Gasteiger partial charge in [-0.2, -0.15) is 5.26 Å². The molecule has 1 atom stereocenters. The number of carbonyl (C=O) groups excluding carboxylic acids is 1. The topological polar surface area (TPSA) is 82.2 Å². The lowest BCUT2D eigenvalue weighted by molar-refractivity contribution is -0.122. The molecule has 0 bridgehead atoms. The molecule has 0 radical (unpaired) electrons. The Morgan fingerprint density at radius 1 is 1.53 bits per heavy atom. The Kier molecular flexibility index (Phi) is 3.91. The van der Waals surface area contributed by atoms with Gasteiger partial charge >= 0.3 is 0 Å². The zero-order valence-electron chi connectivity index (χ0n) is 11.0. The zero-order valence-corrected chi connectivity index (χ0v) is 11.0. The van der Waals surface area contributed by atoms with Gasteiger partial charge in [0.15, 0.2) is 0 Å². The van der Waals surface area contributed by atoms with E-state index < -0.39 is 0 Å². The molecule has 0 aromatic heterocycles. The summed E-state index contributed by atoms with van der Waals surface area (Å²) in [5.74, 6) is 0.0232. The van der Waals surface area contributed by atoms with E-state index in [1.54, 1.807) is 19.2 Å². The summed E-state index contributed by atoms with van der Waals surface area (Å²) in [5.41, 5.74) is 7.55. The molecule has 0 saturated carbocycles. The van der Waals surface area contributed by atoms with Gasteiger partial charge in [-0.05, 0) is 37.5 Å². The second-order valence-corrected chi connectivity index (χ2v) is 4.70. The largest absolute Gasteiger partial charge is 0.398 e. The van der Waals surface area contributed by atoms with E-state index in [-0.39, 0.29) is 11.9 Å². The Morgan fingerprint density at radius 3 is 3.00 bits per heavy atom. The highest BCUT2D eigenvalue weighted by Crippen LogP contribution is 2.27. The van der Waals surface area contributed by atoms with Gasteiger partial charge in [-0.25, -0.2) is 0 Å². The smallest absolute Gasteiger partial charge is 0.242 e. The van der Waals surface area contributed by atoms with Crippen LogP contribution in [0.3, 0.4) is 0 Å².